The lowest BCUT2D eigenvalue weighted by Crippen LogP contribution is -2.12. The van der Waals surface area contributed by atoms with E-state index in [4.69, 9.17) is 9.72 Å². The highest BCUT2D eigenvalue weighted by Crippen LogP contribution is 2.26. The summed E-state index contributed by atoms with van der Waals surface area (Å²) in [5.41, 5.74) is 2.23. The molecule has 1 aromatic heterocycles. The van der Waals surface area contributed by atoms with E-state index in [2.05, 4.69) is 66.9 Å². The molecule has 4 aromatic rings. The Balaban J connectivity index is 1.59. The second-order valence-corrected chi connectivity index (χ2v) is 6.59. The highest BCUT2D eigenvalue weighted by atomic mass is 16.5. The fourth-order valence-corrected chi connectivity index (χ4v) is 3.34. The van der Waals surface area contributed by atoms with Gasteiger partial charge in [-0.05, 0) is 23.6 Å². The highest BCUT2D eigenvalue weighted by Gasteiger charge is 2.13. The molecule has 0 amide bonds. The molecule has 0 spiro atoms. The number of ether oxygens (including phenoxy) is 1. The van der Waals surface area contributed by atoms with Crippen molar-refractivity contribution in [2.45, 2.75) is 26.3 Å². The monoisotopic (exact) mass is 330 g/mol. The van der Waals surface area contributed by atoms with Crippen molar-refractivity contribution in [1.82, 2.24) is 9.55 Å². The van der Waals surface area contributed by atoms with Gasteiger partial charge >= 0.3 is 0 Å². The maximum Gasteiger partial charge on any atom is 0.127 e. The minimum absolute atomic E-state index is 0.380. The molecule has 0 saturated carbocycles. The number of rotatable bonds is 5. The zero-order valence-corrected chi connectivity index (χ0v) is 14.6. The number of fused-ring (bicyclic) bond motifs is 2. The number of para-hydroxylation sites is 2. The average molecular weight is 330 g/mol. The summed E-state index contributed by atoms with van der Waals surface area (Å²) in [6.45, 7) is 5.78. The Morgan fingerprint density at radius 1 is 0.920 bits per heavy atom. The van der Waals surface area contributed by atoms with Gasteiger partial charge in [0.1, 0.15) is 18.2 Å². The molecule has 3 heteroatoms. The molecular formula is C22H22N2O. The standard InChI is InChI=1S/C22H22N2O/c1-16(2)22-23-19-11-5-6-12-20(19)24(22)14-15-25-21-13-7-9-17-8-3-4-10-18(17)21/h3-13,16H,14-15H2,1-2H3. The van der Waals surface area contributed by atoms with E-state index < -0.39 is 0 Å². The van der Waals surface area contributed by atoms with Crippen molar-refractivity contribution in [2.24, 2.45) is 0 Å². The third kappa shape index (κ3) is 2.98. The molecule has 0 aliphatic carbocycles. The molecule has 3 aromatic carbocycles. The van der Waals surface area contributed by atoms with Gasteiger partial charge in [-0.15, -0.1) is 0 Å². The number of nitrogens with zero attached hydrogens (tertiary/aromatic N) is 2. The SMILES string of the molecule is CC(C)c1nc2ccccc2n1CCOc1cccc2ccccc12. The van der Waals surface area contributed by atoms with Gasteiger partial charge in [-0.2, -0.15) is 0 Å². The smallest absolute Gasteiger partial charge is 0.127 e. The average Bonchev–Trinajstić information content (AvgIpc) is 3.01. The second kappa shape index (κ2) is 6.60. The molecule has 0 aliphatic heterocycles. The Morgan fingerprint density at radius 3 is 2.56 bits per heavy atom. The zero-order valence-electron chi connectivity index (χ0n) is 14.6. The van der Waals surface area contributed by atoms with E-state index in [1.165, 1.54) is 10.9 Å². The minimum atomic E-state index is 0.380. The van der Waals surface area contributed by atoms with Gasteiger partial charge in [-0.1, -0.05) is 62.4 Å². The van der Waals surface area contributed by atoms with Crippen LogP contribution in [-0.2, 0) is 6.54 Å². The molecule has 4 rings (SSSR count). The van der Waals surface area contributed by atoms with E-state index in [0.29, 0.717) is 12.5 Å². The first kappa shape index (κ1) is 15.7. The Labute approximate surface area is 147 Å². The molecule has 25 heavy (non-hydrogen) atoms. The summed E-state index contributed by atoms with van der Waals surface area (Å²) in [7, 11) is 0. The van der Waals surface area contributed by atoms with Crippen LogP contribution in [0.5, 0.6) is 5.75 Å². The minimum Gasteiger partial charge on any atom is -0.491 e. The molecular weight excluding hydrogens is 308 g/mol. The van der Waals surface area contributed by atoms with Crippen LogP contribution in [0.3, 0.4) is 0 Å². The summed E-state index contributed by atoms with van der Waals surface area (Å²) < 4.78 is 8.41. The second-order valence-electron chi connectivity index (χ2n) is 6.59. The zero-order chi connectivity index (χ0) is 17.2. The lowest BCUT2D eigenvalue weighted by molar-refractivity contribution is 0.301. The fourth-order valence-electron chi connectivity index (χ4n) is 3.34. The number of hydrogen-bond donors (Lipinski definition) is 0. The van der Waals surface area contributed by atoms with Crippen molar-refractivity contribution in [2.75, 3.05) is 6.61 Å². The third-order valence-electron chi connectivity index (χ3n) is 4.52. The quantitative estimate of drug-likeness (QED) is 0.490. The topological polar surface area (TPSA) is 27.1 Å². The molecule has 0 fully saturated rings. The van der Waals surface area contributed by atoms with Crippen LogP contribution in [-0.4, -0.2) is 16.2 Å². The van der Waals surface area contributed by atoms with E-state index in [9.17, 15) is 0 Å². The van der Waals surface area contributed by atoms with Crippen LogP contribution in [0.15, 0.2) is 66.7 Å². The Morgan fingerprint density at radius 2 is 1.68 bits per heavy atom. The summed E-state index contributed by atoms with van der Waals surface area (Å²) in [6.07, 6.45) is 0. The van der Waals surface area contributed by atoms with Crippen LogP contribution in [0.2, 0.25) is 0 Å². The Bertz CT molecular complexity index is 1010. The molecule has 0 aliphatic rings. The van der Waals surface area contributed by atoms with Gasteiger partial charge in [0.2, 0.25) is 0 Å². The summed E-state index contributed by atoms with van der Waals surface area (Å²) in [4.78, 5) is 4.80. The van der Waals surface area contributed by atoms with E-state index >= 15 is 0 Å². The van der Waals surface area contributed by atoms with Gasteiger partial charge in [0.15, 0.2) is 0 Å². The van der Waals surface area contributed by atoms with Crippen molar-refractivity contribution in [3.63, 3.8) is 0 Å². The van der Waals surface area contributed by atoms with Gasteiger partial charge in [-0.25, -0.2) is 4.98 Å². The van der Waals surface area contributed by atoms with Crippen molar-refractivity contribution in [3.8, 4) is 5.75 Å². The van der Waals surface area contributed by atoms with Crippen LogP contribution in [0.4, 0.5) is 0 Å². The van der Waals surface area contributed by atoms with E-state index in [1.54, 1.807) is 0 Å². The maximum atomic E-state index is 6.13. The van der Waals surface area contributed by atoms with E-state index in [1.807, 2.05) is 18.2 Å². The lowest BCUT2D eigenvalue weighted by Gasteiger charge is -2.13. The van der Waals surface area contributed by atoms with Gasteiger partial charge in [0.05, 0.1) is 17.6 Å². The first-order valence-electron chi connectivity index (χ1n) is 8.80. The van der Waals surface area contributed by atoms with Gasteiger partial charge in [-0.3, -0.25) is 0 Å². The number of hydrogen-bond acceptors (Lipinski definition) is 2. The summed E-state index contributed by atoms with van der Waals surface area (Å²) >= 11 is 0. The highest BCUT2D eigenvalue weighted by molar-refractivity contribution is 5.88. The molecule has 0 bridgehead atoms. The van der Waals surface area contributed by atoms with Crippen molar-refractivity contribution in [1.29, 1.82) is 0 Å². The maximum absolute atomic E-state index is 6.13. The van der Waals surface area contributed by atoms with Crippen LogP contribution >= 0.6 is 0 Å². The molecule has 0 unspecified atom stereocenters. The lowest BCUT2D eigenvalue weighted by atomic mass is 10.1. The molecule has 0 N–H and O–H groups in total. The largest absolute Gasteiger partial charge is 0.491 e. The van der Waals surface area contributed by atoms with Crippen LogP contribution in [0.25, 0.3) is 21.8 Å². The third-order valence-corrected chi connectivity index (χ3v) is 4.52. The predicted molar refractivity (Wildman–Crippen MR) is 103 cm³/mol. The van der Waals surface area contributed by atoms with Crippen molar-refractivity contribution >= 4 is 21.8 Å². The molecule has 0 atom stereocenters. The molecule has 0 radical (unpaired) electrons. The number of benzene rings is 3. The fraction of sp³-hybridized carbons (Fsp3) is 0.227. The van der Waals surface area contributed by atoms with Crippen molar-refractivity contribution < 1.29 is 4.74 Å². The molecule has 0 saturated heterocycles. The van der Waals surface area contributed by atoms with Crippen LogP contribution < -0.4 is 4.74 Å². The van der Waals surface area contributed by atoms with E-state index in [0.717, 1.165) is 29.0 Å². The van der Waals surface area contributed by atoms with Gasteiger partial charge in [0, 0.05) is 11.3 Å². The predicted octanol–water partition coefficient (Wildman–Crippen LogP) is 5.39. The normalized spacial score (nSPS) is 11.5. The van der Waals surface area contributed by atoms with Crippen LogP contribution in [0.1, 0.15) is 25.6 Å². The Hall–Kier alpha value is -2.81. The Kier molecular flexibility index (Phi) is 4.14. The summed E-state index contributed by atoms with van der Waals surface area (Å²) in [5.74, 6) is 2.43. The van der Waals surface area contributed by atoms with E-state index in [-0.39, 0.29) is 0 Å². The van der Waals surface area contributed by atoms with Crippen molar-refractivity contribution in [3.05, 3.63) is 72.6 Å². The van der Waals surface area contributed by atoms with Gasteiger partial charge < -0.3 is 9.30 Å². The number of aromatic nitrogens is 2. The summed E-state index contributed by atoms with van der Waals surface area (Å²) in [5, 5.41) is 2.36. The molecule has 126 valence electrons. The first-order chi connectivity index (χ1) is 12.2. The van der Waals surface area contributed by atoms with Gasteiger partial charge in [0.25, 0.3) is 0 Å². The summed E-state index contributed by atoms with van der Waals surface area (Å²) in [6, 6.07) is 22.8. The first-order valence-corrected chi connectivity index (χ1v) is 8.80. The number of imidazole rings is 1. The molecule has 1 heterocycles. The van der Waals surface area contributed by atoms with Crippen LogP contribution in [0, 0.1) is 0 Å². The molecule has 3 nitrogen and oxygen atoms in total.